The highest BCUT2D eigenvalue weighted by molar-refractivity contribution is 7.92. The fraction of sp³-hybridized carbons (Fsp3) is 0.133. The zero-order valence-electron chi connectivity index (χ0n) is 12.8. The third kappa shape index (κ3) is 3.40. The molecule has 0 aliphatic rings. The van der Waals surface area contributed by atoms with Crippen LogP contribution in [0.3, 0.4) is 0 Å². The van der Waals surface area contributed by atoms with Crippen LogP contribution in [-0.4, -0.2) is 23.4 Å². The Labute approximate surface area is 148 Å². The van der Waals surface area contributed by atoms with Crippen molar-refractivity contribution in [1.29, 1.82) is 0 Å². The molecule has 0 radical (unpaired) electrons. The molecule has 0 unspecified atom stereocenters. The molecular weight excluding hydrogens is 368 g/mol. The summed E-state index contributed by atoms with van der Waals surface area (Å²) in [5.41, 5.74) is 1.09. The van der Waals surface area contributed by atoms with E-state index in [1.165, 1.54) is 29.7 Å². The topological polar surface area (TPSA) is 84.8 Å². The number of hydrogen-bond donors (Lipinski definition) is 1. The summed E-state index contributed by atoms with van der Waals surface area (Å²) >= 11 is 7.48. The Morgan fingerprint density at radius 3 is 2.67 bits per heavy atom. The average molecular weight is 381 g/mol. The molecule has 0 aliphatic heterocycles. The smallest absolute Gasteiger partial charge is 0.263 e. The molecule has 9 heteroatoms. The van der Waals surface area contributed by atoms with E-state index < -0.39 is 10.0 Å². The van der Waals surface area contributed by atoms with Gasteiger partial charge in [0, 0.05) is 16.6 Å². The lowest BCUT2D eigenvalue weighted by Gasteiger charge is -2.10. The summed E-state index contributed by atoms with van der Waals surface area (Å²) in [6, 6.07) is 6.21. The highest BCUT2D eigenvalue weighted by atomic mass is 35.5. The minimum absolute atomic E-state index is 0.111. The quantitative estimate of drug-likeness (QED) is 0.746. The molecule has 1 aromatic carbocycles. The van der Waals surface area contributed by atoms with E-state index in [1.807, 2.05) is 12.3 Å². The first kappa shape index (κ1) is 16.8. The summed E-state index contributed by atoms with van der Waals surface area (Å²) in [5.74, 6) is 0.535. The predicted molar refractivity (Wildman–Crippen MR) is 94.9 cm³/mol. The summed E-state index contributed by atoms with van der Waals surface area (Å²) in [6.07, 6.45) is 1.49. The third-order valence-corrected chi connectivity index (χ3v) is 5.93. The number of hydrogen-bond acceptors (Lipinski definition) is 6. The molecule has 0 spiro atoms. The number of anilines is 1. The van der Waals surface area contributed by atoms with Gasteiger partial charge in [-0.15, -0.1) is 11.3 Å². The summed E-state index contributed by atoms with van der Waals surface area (Å²) in [5, 5.41) is 3.10. The number of nitrogens with zero attached hydrogens (tertiary/aromatic N) is 3. The number of aromatic nitrogens is 3. The van der Waals surface area contributed by atoms with E-state index in [9.17, 15) is 8.42 Å². The second-order valence-corrected chi connectivity index (χ2v) is 8.11. The van der Waals surface area contributed by atoms with Gasteiger partial charge in [0.05, 0.1) is 9.90 Å². The SMILES string of the molecule is Cc1nc(-c2nccc(NS(=O)(=O)c3cccc(Cl)c3C)n2)cs1. The summed E-state index contributed by atoms with van der Waals surface area (Å²) in [4.78, 5) is 12.8. The predicted octanol–water partition coefficient (Wildman–Crippen LogP) is 3.67. The van der Waals surface area contributed by atoms with Crippen LogP contribution in [0.15, 0.2) is 40.7 Å². The zero-order chi connectivity index (χ0) is 17.3. The van der Waals surface area contributed by atoms with Crippen LogP contribution < -0.4 is 4.72 Å². The van der Waals surface area contributed by atoms with Crippen LogP contribution in [0.1, 0.15) is 10.6 Å². The Balaban J connectivity index is 1.95. The number of sulfonamides is 1. The number of rotatable bonds is 4. The Hall–Kier alpha value is -2.03. The molecule has 2 heterocycles. The minimum atomic E-state index is -3.80. The van der Waals surface area contributed by atoms with Gasteiger partial charge in [0.1, 0.15) is 11.5 Å². The first-order chi connectivity index (χ1) is 11.4. The van der Waals surface area contributed by atoms with Crippen molar-refractivity contribution in [2.75, 3.05) is 4.72 Å². The van der Waals surface area contributed by atoms with Gasteiger partial charge >= 0.3 is 0 Å². The van der Waals surface area contributed by atoms with Crippen LogP contribution in [0.4, 0.5) is 5.82 Å². The maximum Gasteiger partial charge on any atom is 0.263 e. The van der Waals surface area contributed by atoms with Gasteiger partial charge in [0.25, 0.3) is 10.0 Å². The molecule has 0 saturated carbocycles. The molecule has 1 N–H and O–H groups in total. The lowest BCUT2D eigenvalue weighted by molar-refractivity contribution is 0.600. The molecule has 0 saturated heterocycles. The molecule has 6 nitrogen and oxygen atoms in total. The van der Waals surface area contributed by atoms with Crippen LogP contribution >= 0.6 is 22.9 Å². The second kappa shape index (κ2) is 6.46. The third-order valence-electron chi connectivity index (χ3n) is 3.25. The molecule has 2 aromatic heterocycles. The molecule has 3 rings (SSSR count). The van der Waals surface area contributed by atoms with Crippen molar-refractivity contribution in [2.45, 2.75) is 18.7 Å². The second-order valence-electron chi connectivity index (χ2n) is 4.99. The minimum Gasteiger partial charge on any atom is -0.263 e. The number of benzene rings is 1. The van der Waals surface area contributed by atoms with E-state index in [-0.39, 0.29) is 10.7 Å². The van der Waals surface area contributed by atoms with Gasteiger partial charge in [-0.05, 0) is 37.6 Å². The van der Waals surface area contributed by atoms with E-state index >= 15 is 0 Å². The summed E-state index contributed by atoms with van der Waals surface area (Å²) in [7, 11) is -3.80. The van der Waals surface area contributed by atoms with Crippen LogP contribution in [0.2, 0.25) is 5.02 Å². The average Bonchev–Trinajstić information content (AvgIpc) is 2.96. The van der Waals surface area contributed by atoms with Crippen molar-refractivity contribution < 1.29 is 8.42 Å². The Bertz CT molecular complexity index is 1000. The van der Waals surface area contributed by atoms with E-state index in [4.69, 9.17) is 11.6 Å². The lowest BCUT2D eigenvalue weighted by atomic mass is 10.2. The zero-order valence-corrected chi connectivity index (χ0v) is 15.2. The Morgan fingerprint density at radius 1 is 1.17 bits per heavy atom. The largest absolute Gasteiger partial charge is 0.263 e. The maximum atomic E-state index is 12.6. The van der Waals surface area contributed by atoms with Crippen molar-refractivity contribution in [3.05, 3.63) is 51.4 Å². The molecule has 3 aromatic rings. The van der Waals surface area contributed by atoms with Crippen LogP contribution in [0.5, 0.6) is 0 Å². The van der Waals surface area contributed by atoms with Crippen molar-refractivity contribution in [2.24, 2.45) is 0 Å². The lowest BCUT2D eigenvalue weighted by Crippen LogP contribution is -2.15. The van der Waals surface area contributed by atoms with Crippen LogP contribution in [-0.2, 0) is 10.0 Å². The first-order valence-electron chi connectivity index (χ1n) is 6.90. The molecule has 124 valence electrons. The van der Waals surface area contributed by atoms with Crippen molar-refractivity contribution in [1.82, 2.24) is 15.0 Å². The highest BCUT2D eigenvalue weighted by Gasteiger charge is 2.19. The van der Waals surface area contributed by atoms with Gasteiger partial charge in [-0.25, -0.2) is 23.4 Å². The summed E-state index contributed by atoms with van der Waals surface area (Å²) < 4.78 is 27.6. The first-order valence-corrected chi connectivity index (χ1v) is 9.64. The summed E-state index contributed by atoms with van der Waals surface area (Å²) in [6.45, 7) is 3.53. The number of thiazole rings is 1. The highest BCUT2D eigenvalue weighted by Crippen LogP contribution is 2.25. The van der Waals surface area contributed by atoms with Gasteiger partial charge in [-0.1, -0.05) is 17.7 Å². The van der Waals surface area contributed by atoms with Crippen LogP contribution in [0.25, 0.3) is 11.5 Å². The van der Waals surface area contributed by atoms with Gasteiger partial charge < -0.3 is 0 Å². The Morgan fingerprint density at radius 2 is 1.96 bits per heavy atom. The molecule has 0 atom stereocenters. The van der Waals surface area contributed by atoms with Crippen molar-refractivity contribution >= 4 is 38.8 Å². The number of aryl methyl sites for hydroxylation is 1. The van der Waals surface area contributed by atoms with Gasteiger partial charge in [-0.3, -0.25) is 4.72 Å². The van der Waals surface area contributed by atoms with Crippen LogP contribution in [0, 0.1) is 13.8 Å². The monoisotopic (exact) mass is 380 g/mol. The maximum absolute atomic E-state index is 12.6. The molecule has 0 amide bonds. The van der Waals surface area contributed by atoms with E-state index in [0.717, 1.165) is 5.01 Å². The normalized spacial score (nSPS) is 11.5. The molecule has 24 heavy (non-hydrogen) atoms. The number of nitrogens with one attached hydrogen (secondary N) is 1. The van der Waals surface area contributed by atoms with Crippen molar-refractivity contribution in [3.8, 4) is 11.5 Å². The molecule has 0 aliphatic carbocycles. The van der Waals surface area contributed by atoms with E-state index in [2.05, 4.69) is 19.7 Å². The standard InChI is InChI=1S/C15H13ClN4O2S2/c1-9-11(16)4-3-5-13(9)24(21,22)20-14-6-7-17-15(19-14)12-8-23-10(2)18-12/h3-8H,1-2H3,(H,17,19,20). The number of halogens is 1. The fourth-order valence-corrected chi connectivity index (χ4v) is 4.17. The van der Waals surface area contributed by atoms with Gasteiger partial charge in [0.2, 0.25) is 0 Å². The van der Waals surface area contributed by atoms with Crippen molar-refractivity contribution in [3.63, 3.8) is 0 Å². The Kier molecular flexibility index (Phi) is 4.53. The van der Waals surface area contributed by atoms with Gasteiger partial charge in [-0.2, -0.15) is 0 Å². The fourth-order valence-electron chi connectivity index (χ4n) is 2.08. The molecule has 0 fully saturated rings. The molecular formula is C15H13ClN4O2S2. The van der Waals surface area contributed by atoms with Gasteiger partial charge in [0.15, 0.2) is 5.82 Å². The molecule has 0 bridgehead atoms. The van der Waals surface area contributed by atoms with E-state index in [0.29, 0.717) is 22.1 Å². The van der Waals surface area contributed by atoms with E-state index in [1.54, 1.807) is 19.1 Å².